The lowest BCUT2D eigenvalue weighted by molar-refractivity contribution is -0.123. The third-order valence-electron chi connectivity index (χ3n) is 6.08. The highest BCUT2D eigenvalue weighted by Crippen LogP contribution is 2.57. The number of carbonyl (C=O) groups is 2. The van der Waals surface area contributed by atoms with E-state index in [0.717, 1.165) is 0 Å². The fourth-order valence-electron chi connectivity index (χ4n) is 5.05. The van der Waals surface area contributed by atoms with Gasteiger partial charge in [-0.1, -0.05) is 48.8 Å². The molecule has 2 aliphatic heterocycles. The van der Waals surface area contributed by atoms with Crippen LogP contribution in [0.5, 0.6) is 0 Å². The zero-order chi connectivity index (χ0) is 18.9. The molecule has 2 aromatic rings. The molecule has 1 spiro atoms. The van der Waals surface area contributed by atoms with Crippen LogP contribution in [0.4, 0.5) is 10.1 Å². The second-order valence-electron chi connectivity index (χ2n) is 7.35. The first-order valence-electron chi connectivity index (χ1n) is 8.79. The van der Waals surface area contributed by atoms with Crippen molar-refractivity contribution < 1.29 is 14.0 Å². The molecule has 1 aliphatic carbocycles. The first-order valence-corrected chi connectivity index (χ1v) is 9.55. The minimum Gasteiger partial charge on any atom is -0.324 e. The predicted octanol–water partition coefficient (Wildman–Crippen LogP) is 4.65. The molecule has 7 heteroatoms. The number of ketones is 1. The highest BCUT2D eigenvalue weighted by Gasteiger charge is 2.65. The van der Waals surface area contributed by atoms with Crippen molar-refractivity contribution in [2.45, 2.75) is 37.8 Å². The number of hydrogen-bond acceptors (Lipinski definition) is 3. The lowest BCUT2D eigenvalue weighted by atomic mass is 9.71. The Kier molecular flexibility index (Phi) is 4.53. The summed E-state index contributed by atoms with van der Waals surface area (Å²) in [4.78, 5) is 25.9. The number of benzene rings is 2. The van der Waals surface area contributed by atoms with Crippen molar-refractivity contribution >= 4 is 40.6 Å². The Labute approximate surface area is 172 Å². The van der Waals surface area contributed by atoms with E-state index in [-0.39, 0.29) is 35.7 Å². The van der Waals surface area contributed by atoms with Gasteiger partial charge in [0, 0.05) is 40.6 Å². The van der Waals surface area contributed by atoms with Gasteiger partial charge in [-0.2, -0.15) is 0 Å². The highest BCUT2D eigenvalue weighted by molar-refractivity contribution is 6.31. The molecule has 2 N–H and O–H groups in total. The number of Topliss-reactive ketones (excluding diaryl/α,β-unsaturated/α-hetero) is 1. The van der Waals surface area contributed by atoms with Crippen molar-refractivity contribution in [2.24, 2.45) is 5.92 Å². The molecular formula is C21H19Cl2FN2O2. The van der Waals surface area contributed by atoms with Crippen LogP contribution in [0.25, 0.3) is 0 Å². The summed E-state index contributed by atoms with van der Waals surface area (Å²) in [7, 11) is 0. The molecule has 3 aliphatic rings. The zero-order valence-corrected chi connectivity index (χ0v) is 15.6. The maximum absolute atomic E-state index is 15.0. The van der Waals surface area contributed by atoms with Gasteiger partial charge in [-0.15, -0.1) is 0 Å². The molecule has 0 radical (unpaired) electrons. The molecule has 5 rings (SSSR count). The van der Waals surface area contributed by atoms with E-state index in [4.69, 9.17) is 23.2 Å². The number of halogens is 3. The van der Waals surface area contributed by atoms with E-state index < -0.39 is 23.2 Å². The third-order valence-corrected chi connectivity index (χ3v) is 6.60. The Bertz CT molecular complexity index is 1010. The van der Waals surface area contributed by atoms with Gasteiger partial charge in [-0.3, -0.25) is 14.9 Å². The van der Waals surface area contributed by atoms with Crippen molar-refractivity contribution in [2.75, 3.05) is 5.32 Å². The van der Waals surface area contributed by atoms with Gasteiger partial charge < -0.3 is 5.32 Å². The molecule has 4 atom stereocenters. The van der Waals surface area contributed by atoms with Crippen LogP contribution >= 0.6 is 23.2 Å². The Hall–Kier alpha value is -1.95. The topological polar surface area (TPSA) is 58.2 Å². The fraction of sp³-hybridized carbons (Fsp3) is 0.333. The van der Waals surface area contributed by atoms with Gasteiger partial charge in [-0.25, -0.2) is 4.39 Å². The Morgan fingerprint density at radius 1 is 1.14 bits per heavy atom. The van der Waals surface area contributed by atoms with E-state index in [1.54, 1.807) is 30.3 Å². The van der Waals surface area contributed by atoms with Crippen molar-refractivity contribution in [3.8, 4) is 0 Å². The lowest BCUT2D eigenvalue weighted by Gasteiger charge is -2.32. The monoisotopic (exact) mass is 420 g/mol. The molecule has 2 aromatic carbocycles. The normalized spacial score (nSPS) is 30.2. The molecule has 1 amide bonds. The number of fused-ring (bicyclic) bond motifs is 3. The molecule has 2 heterocycles. The molecule has 28 heavy (non-hydrogen) atoms. The largest absolute Gasteiger partial charge is 0.324 e. The van der Waals surface area contributed by atoms with Gasteiger partial charge in [0.15, 0.2) is 0 Å². The summed E-state index contributed by atoms with van der Waals surface area (Å²) < 4.78 is 15.0. The summed E-state index contributed by atoms with van der Waals surface area (Å²) in [6, 6.07) is 9.68. The van der Waals surface area contributed by atoms with Crippen LogP contribution in [0.15, 0.2) is 36.4 Å². The molecule has 4 nitrogen and oxygen atoms in total. The highest BCUT2D eigenvalue weighted by atomic mass is 35.5. The third kappa shape index (κ3) is 2.39. The molecular weight excluding hydrogens is 402 g/mol. The van der Waals surface area contributed by atoms with Crippen molar-refractivity contribution in [1.29, 1.82) is 0 Å². The summed E-state index contributed by atoms with van der Waals surface area (Å²) in [5, 5.41) is 6.72. The summed E-state index contributed by atoms with van der Waals surface area (Å²) in [6.45, 7) is 0. The van der Waals surface area contributed by atoms with Crippen LogP contribution in [0.3, 0.4) is 0 Å². The summed E-state index contributed by atoms with van der Waals surface area (Å²) >= 11 is 12.1. The number of anilines is 1. The standard InChI is InChI=1S/C20H15Cl2FN2O2.CH4/c21-9-4-5-11-14(8-9)24-19(27)20(11)17(10-2-1-3-12(22)18(10)23)16-13(25-20)6-7-15(16)26;/h1-5,8,13,16-17,25H,6-7H2,(H,24,27);1H4/t13-,16-,17-,20-;/m1./s1. The van der Waals surface area contributed by atoms with Crippen molar-refractivity contribution in [3.05, 3.63) is 63.4 Å². The van der Waals surface area contributed by atoms with Gasteiger partial charge in [0.05, 0.1) is 5.02 Å². The second-order valence-corrected chi connectivity index (χ2v) is 8.20. The summed E-state index contributed by atoms with van der Waals surface area (Å²) in [5.74, 6) is -2.00. The van der Waals surface area contributed by atoms with Crippen LogP contribution in [0.1, 0.15) is 37.3 Å². The molecule has 2 fully saturated rings. The Balaban J connectivity index is 0.00000192. The number of carbonyl (C=O) groups excluding carboxylic acids is 2. The van der Waals surface area contributed by atoms with E-state index >= 15 is 4.39 Å². The van der Waals surface area contributed by atoms with Crippen LogP contribution in [-0.4, -0.2) is 17.7 Å². The van der Waals surface area contributed by atoms with Crippen LogP contribution < -0.4 is 10.6 Å². The van der Waals surface area contributed by atoms with E-state index in [0.29, 0.717) is 29.1 Å². The minimum absolute atomic E-state index is 0. The number of hydrogen-bond donors (Lipinski definition) is 2. The zero-order valence-electron chi connectivity index (χ0n) is 14.1. The van der Waals surface area contributed by atoms with Gasteiger partial charge >= 0.3 is 0 Å². The van der Waals surface area contributed by atoms with Gasteiger partial charge in [-0.05, 0) is 30.2 Å². The van der Waals surface area contributed by atoms with E-state index in [9.17, 15) is 9.59 Å². The van der Waals surface area contributed by atoms with Crippen LogP contribution in [-0.2, 0) is 15.1 Å². The fourth-order valence-corrected chi connectivity index (χ4v) is 5.40. The smallest absolute Gasteiger partial charge is 0.250 e. The molecule has 146 valence electrons. The number of nitrogens with one attached hydrogen (secondary N) is 2. The van der Waals surface area contributed by atoms with E-state index in [1.807, 2.05) is 0 Å². The SMILES string of the molecule is C.O=C1CC[C@H]2N[C@@]3(C(=O)Nc4cc(Cl)ccc43)[C@H](c3cccc(Cl)c3F)[C@@H]12. The summed E-state index contributed by atoms with van der Waals surface area (Å²) in [5.41, 5.74) is 0.329. The summed E-state index contributed by atoms with van der Waals surface area (Å²) in [6.07, 6.45) is 1.05. The molecule has 0 aromatic heterocycles. The van der Waals surface area contributed by atoms with E-state index in [2.05, 4.69) is 10.6 Å². The number of amides is 1. The molecule has 1 saturated heterocycles. The molecule has 1 saturated carbocycles. The van der Waals surface area contributed by atoms with Crippen molar-refractivity contribution in [3.63, 3.8) is 0 Å². The minimum atomic E-state index is -1.23. The maximum atomic E-state index is 15.0. The molecule has 0 bridgehead atoms. The predicted molar refractivity (Wildman–Crippen MR) is 107 cm³/mol. The molecule has 0 unspecified atom stereocenters. The lowest BCUT2D eigenvalue weighted by Crippen LogP contribution is -2.49. The van der Waals surface area contributed by atoms with Crippen LogP contribution in [0.2, 0.25) is 10.0 Å². The number of rotatable bonds is 1. The Morgan fingerprint density at radius 3 is 2.71 bits per heavy atom. The average Bonchev–Trinajstić information content (AvgIpc) is 3.24. The van der Waals surface area contributed by atoms with Gasteiger partial charge in [0.25, 0.3) is 0 Å². The Morgan fingerprint density at radius 2 is 1.93 bits per heavy atom. The van der Waals surface area contributed by atoms with E-state index in [1.165, 1.54) is 6.07 Å². The first kappa shape index (κ1) is 19.4. The quantitative estimate of drug-likeness (QED) is 0.705. The second kappa shape index (κ2) is 6.55. The maximum Gasteiger partial charge on any atom is 0.250 e. The van der Waals surface area contributed by atoms with Crippen LogP contribution in [0, 0.1) is 11.7 Å². The average molecular weight is 421 g/mol. The first-order chi connectivity index (χ1) is 12.9. The van der Waals surface area contributed by atoms with Gasteiger partial charge in [0.2, 0.25) is 5.91 Å². The van der Waals surface area contributed by atoms with Gasteiger partial charge in [0.1, 0.15) is 17.1 Å². The van der Waals surface area contributed by atoms with Crippen molar-refractivity contribution in [1.82, 2.24) is 5.32 Å².